The smallest absolute Gasteiger partial charge is 0.265 e. The van der Waals surface area contributed by atoms with Crippen LogP contribution in [0.3, 0.4) is 0 Å². The van der Waals surface area contributed by atoms with Crippen LogP contribution in [0.5, 0.6) is 0 Å². The minimum absolute atomic E-state index is 0.113. The van der Waals surface area contributed by atoms with E-state index in [-0.39, 0.29) is 22.5 Å². The number of carbonyl (C=O) groups is 2. The molecule has 0 spiro atoms. The third-order valence-corrected chi connectivity index (χ3v) is 7.07. The number of carbonyl (C=O) groups excluding carboxylic acids is 2. The second-order valence-corrected chi connectivity index (χ2v) is 8.60. The Kier molecular flexibility index (Phi) is 5.09. The molecule has 5 nitrogen and oxygen atoms in total. The average molecular weight is 428 g/mol. The fraction of sp³-hybridized carbons (Fsp3) is 0.200. The van der Waals surface area contributed by atoms with Gasteiger partial charge < -0.3 is 0 Å². The number of fused-ring (bicyclic) bond motifs is 1. The van der Waals surface area contributed by atoms with E-state index in [0.29, 0.717) is 18.1 Å². The van der Waals surface area contributed by atoms with E-state index < -0.39 is 0 Å². The van der Waals surface area contributed by atoms with Gasteiger partial charge in [0.15, 0.2) is 5.11 Å². The van der Waals surface area contributed by atoms with Crippen molar-refractivity contribution in [2.45, 2.75) is 13.8 Å². The van der Waals surface area contributed by atoms with Gasteiger partial charge in [0, 0.05) is 18.0 Å². The first-order valence-corrected chi connectivity index (χ1v) is 10.9. The van der Waals surface area contributed by atoms with Gasteiger partial charge in [0.1, 0.15) is 15.4 Å². The monoisotopic (exact) mass is 427 g/mol. The summed E-state index contributed by atoms with van der Waals surface area (Å²) in [6, 6.07) is 12.3. The molecule has 0 radical (unpaired) electrons. The number of hydrogen-bond donors (Lipinski definition) is 0. The van der Waals surface area contributed by atoms with E-state index >= 15 is 0 Å². The van der Waals surface area contributed by atoms with Crippen molar-refractivity contribution in [2.75, 3.05) is 13.1 Å². The van der Waals surface area contributed by atoms with Gasteiger partial charge in [0.05, 0.1) is 4.70 Å². The van der Waals surface area contributed by atoms with Crippen LogP contribution in [0.15, 0.2) is 42.0 Å². The molecule has 28 heavy (non-hydrogen) atoms. The fourth-order valence-electron chi connectivity index (χ4n) is 3.06. The summed E-state index contributed by atoms with van der Waals surface area (Å²) in [6.45, 7) is 4.53. The van der Waals surface area contributed by atoms with Crippen LogP contribution < -0.4 is 0 Å². The van der Waals surface area contributed by atoms with Crippen LogP contribution in [-0.2, 0) is 9.59 Å². The highest BCUT2D eigenvalue weighted by molar-refractivity contribution is 7.80. The molecule has 0 aliphatic carbocycles. The first kappa shape index (κ1) is 18.9. The van der Waals surface area contributed by atoms with Crippen molar-refractivity contribution in [3.63, 3.8) is 0 Å². The highest BCUT2D eigenvalue weighted by Gasteiger charge is 2.38. The summed E-state index contributed by atoms with van der Waals surface area (Å²) in [5.41, 5.74) is 1.27. The van der Waals surface area contributed by atoms with Crippen LogP contribution >= 0.6 is 34.9 Å². The molecule has 1 aliphatic rings. The number of benzene rings is 1. The summed E-state index contributed by atoms with van der Waals surface area (Å²) in [6.07, 6.45) is 1.59. The number of thiocarbonyl (C=S) groups is 1. The van der Waals surface area contributed by atoms with E-state index in [1.807, 2.05) is 32.0 Å². The number of thiophene rings is 1. The zero-order valence-corrected chi connectivity index (χ0v) is 17.8. The molecular formula is C20H17N3O2S3. The summed E-state index contributed by atoms with van der Waals surface area (Å²) in [4.78, 5) is 35.1. The number of hydrogen-bond acceptors (Lipinski definition) is 6. The maximum Gasteiger partial charge on any atom is 0.265 e. The predicted octanol–water partition coefficient (Wildman–Crippen LogP) is 4.40. The highest BCUT2D eigenvalue weighted by atomic mass is 32.1. The van der Waals surface area contributed by atoms with Gasteiger partial charge in [-0.3, -0.25) is 19.4 Å². The molecule has 0 bridgehead atoms. The van der Waals surface area contributed by atoms with Crippen LogP contribution in [0.1, 0.15) is 18.9 Å². The Balaban J connectivity index is 1.70. The van der Waals surface area contributed by atoms with Crippen molar-refractivity contribution in [3.8, 4) is 10.4 Å². The SMILES string of the molecule is CCN1C(=O)C(=Cc2nc3sc(-c4ccccc4)cc3s2)C(=O)N(CC)C1=S. The molecule has 3 aromatic rings. The Labute approximate surface area is 175 Å². The summed E-state index contributed by atoms with van der Waals surface area (Å²) in [7, 11) is 0. The molecule has 1 fully saturated rings. The minimum atomic E-state index is -0.356. The van der Waals surface area contributed by atoms with Crippen molar-refractivity contribution >= 4 is 67.4 Å². The molecule has 1 aromatic carbocycles. The van der Waals surface area contributed by atoms with Crippen molar-refractivity contribution in [1.29, 1.82) is 0 Å². The quantitative estimate of drug-likeness (QED) is 0.352. The topological polar surface area (TPSA) is 53.5 Å². The van der Waals surface area contributed by atoms with Crippen LogP contribution in [0.2, 0.25) is 0 Å². The summed E-state index contributed by atoms with van der Waals surface area (Å²) in [5.74, 6) is -0.712. The van der Waals surface area contributed by atoms with E-state index in [1.54, 1.807) is 17.4 Å². The molecule has 1 aliphatic heterocycles. The van der Waals surface area contributed by atoms with Crippen molar-refractivity contribution in [2.24, 2.45) is 0 Å². The molecule has 2 aromatic heterocycles. The molecule has 0 saturated carbocycles. The largest absolute Gasteiger partial charge is 0.285 e. The van der Waals surface area contributed by atoms with E-state index in [1.165, 1.54) is 21.1 Å². The lowest BCUT2D eigenvalue weighted by atomic mass is 10.1. The normalized spacial score (nSPS) is 15.1. The lowest BCUT2D eigenvalue weighted by Gasteiger charge is -2.35. The standard InChI is InChI=1S/C20H17N3O2S3/c1-3-22-18(24)13(19(25)23(4-2)20(22)26)10-16-21-17-15(27-16)11-14(28-17)12-8-6-5-7-9-12/h5-11H,3-4H2,1-2H3. The van der Waals surface area contributed by atoms with Gasteiger partial charge in [0.25, 0.3) is 11.8 Å². The van der Waals surface area contributed by atoms with Gasteiger partial charge in [-0.05, 0) is 43.8 Å². The highest BCUT2D eigenvalue weighted by Crippen LogP contribution is 2.37. The summed E-state index contributed by atoms with van der Waals surface area (Å²) in [5, 5.41) is 0.919. The third-order valence-electron chi connectivity index (χ3n) is 4.48. The number of amides is 2. The van der Waals surface area contributed by atoms with Gasteiger partial charge in [-0.2, -0.15) is 0 Å². The zero-order chi connectivity index (χ0) is 19.8. The first-order valence-electron chi connectivity index (χ1n) is 8.88. The molecule has 142 valence electrons. The number of likely N-dealkylation sites (N-methyl/N-ethyl adjacent to an activating group) is 2. The van der Waals surface area contributed by atoms with Crippen LogP contribution in [0.25, 0.3) is 26.0 Å². The Morgan fingerprint density at radius 1 is 1.04 bits per heavy atom. The second kappa shape index (κ2) is 7.54. The summed E-state index contributed by atoms with van der Waals surface area (Å²) < 4.78 is 1.04. The molecule has 2 amide bonds. The van der Waals surface area contributed by atoms with Gasteiger partial charge >= 0.3 is 0 Å². The molecule has 0 atom stereocenters. The van der Waals surface area contributed by atoms with Gasteiger partial charge in [0.2, 0.25) is 0 Å². The van der Waals surface area contributed by atoms with Crippen molar-refractivity contribution in [1.82, 2.24) is 14.8 Å². The summed E-state index contributed by atoms with van der Waals surface area (Å²) >= 11 is 8.37. The van der Waals surface area contributed by atoms with Crippen molar-refractivity contribution < 1.29 is 9.59 Å². The van der Waals surface area contributed by atoms with Crippen molar-refractivity contribution in [3.05, 3.63) is 47.0 Å². The van der Waals surface area contributed by atoms with Crippen LogP contribution in [0.4, 0.5) is 0 Å². The maximum atomic E-state index is 12.7. The molecular weight excluding hydrogens is 410 g/mol. The Morgan fingerprint density at radius 2 is 1.68 bits per heavy atom. The third kappa shape index (κ3) is 3.17. The molecule has 3 heterocycles. The second-order valence-electron chi connectivity index (χ2n) is 6.14. The van der Waals surface area contributed by atoms with E-state index in [4.69, 9.17) is 12.2 Å². The van der Waals surface area contributed by atoms with Gasteiger partial charge in [-0.1, -0.05) is 30.3 Å². The minimum Gasteiger partial charge on any atom is -0.285 e. The van der Waals surface area contributed by atoms with Crippen LogP contribution in [-0.4, -0.2) is 44.8 Å². The predicted molar refractivity (Wildman–Crippen MR) is 118 cm³/mol. The number of nitrogens with zero attached hydrogens (tertiary/aromatic N) is 3. The number of thiazole rings is 1. The molecule has 0 unspecified atom stereocenters. The van der Waals surface area contributed by atoms with E-state index in [9.17, 15) is 9.59 Å². The average Bonchev–Trinajstić information content (AvgIpc) is 3.25. The Morgan fingerprint density at radius 3 is 2.25 bits per heavy atom. The van der Waals surface area contributed by atoms with Gasteiger partial charge in [-0.25, -0.2) is 4.98 Å². The zero-order valence-electron chi connectivity index (χ0n) is 15.3. The fourth-order valence-corrected chi connectivity index (χ4v) is 5.66. The molecule has 0 N–H and O–H groups in total. The van der Waals surface area contributed by atoms with Gasteiger partial charge in [-0.15, -0.1) is 22.7 Å². The first-order chi connectivity index (χ1) is 13.5. The van der Waals surface area contributed by atoms with E-state index in [2.05, 4.69) is 23.2 Å². The molecule has 4 rings (SSSR count). The Bertz CT molecular complexity index is 1050. The van der Waals surface area contributed by atoms with Crippen LogP contribution in [0, 0.1) is 0 Å². The van der Waals surface area contributed by atoms with E-state index in [0.717, 1.165) is 20.0 Å². The lowest BCUT2D eigenvalue weighted by molar-refractivity contribution is -0.133. The maximum absolute atomic E-state index is 12.7. The molecule has 1 saturated heterocycles. The molecule has 8 heteroatoms. The number of rotatable bonds is 4. The Hall–Kier alpha value is -2.42. The number of aromatic nitrogens is 1. The lowest BCUT2D eigenvalue weighted by Crippen LogP contribution is -2.55.